The molecule has 1 aliphatic carbocycles. The van der Waals surface area contributed by atoms with Crippen LogP contribution in [0, 0.1) is 22.6 Å². The average Bonchev–Trinajstić information content (AvgIpc) is 3.55. The van der Waals surface area contributed by atoms with Gasteiger partial charge in [0.1, 0.15) is 17.9 Å². The molecule has 186 valence electrons. The fourth-order valence-corrected chi connectivity index (χ4v) is 5.68. The maximum atomic E-state index is 14.8. The second kappa shape index (κ2) is 8.64. The normalized spacial score (nSPS) is 15.8. The van der Waals surface area contributed by atoms with E-state index in [9.17, 15) is 26.0 Å². The zero-order chi connectivity index (χ0) is 25.8. The molecule has 1 aromatic heterocycles. The lowest BCUT2D eigenvalue weighted by molar-refractivity contribution is -0.152. The summed E-state index contributed by atoms with van der Waals surface area (Å²) in [6.07, 6.45) is -2.87. The Morgan fingerprint density at radius 2 is 1.86 bits per heavy atom. The fourth-order valence-electron chi connectivity index (χ4n) is 4.15. The highest BCUT2D eigenvalue weighted by Gasteiger charge is 2.47. The predicted molar refractivity (Wildman–Crippen MR) is 125 cm³/mol. The molecule has 5 nitrogen and oxygen atoms in total. The third kappa shape index (κ3) is 5.21. The van der Waals surface area contributed by atoms with Crippen LogP contribution in [0.5, 0.6) is 0 Å². The Balaban J connectivity index is 1.91. The molecule has 10 heteroatoms. The van der Waals surface area contributed by atoms with Crippen molar-refractivity contribution in [1.29, 1.82) is 5.26 Å². The van der Waals surface area contributed by atoms with E-state index < -0.39 is 33.3 Å². The fraction of sp³-hybridized carbons (Fsp3) is 0.400. The van der Waals surface area contributed by atoms with E-state index in [1.165, 1.54) is 36.5 Å². The molecule has 35 heavy (non-hydrogen) atoms. The highest BCUT2D eigenvalue weighted by atomic mass is 32.2. The molecule has 0 amide bonds. The van der Waals surface area contributed by atoms with Gasteiger partial charge in [0.05, 0.1) is 10.8 Å². The van der Waals surface area contributed by atoms with Crippen LogP contribution in [0.2, 0.25) is 0 Å². The molecule has 0 bridgehead atoms. The quantitative estimate of drug-likeness (QED) is 0.413. The first kappa shape index (κ1) is 25.2. The van der Waals surface area contributed by atoms with E-state index in [2.05, 4.69) is 0 Å². The Labute approximate surface area is 201 Å². The highest BCUT2D eigenvalue weighted by molar-refractivity contribution is 7.90. The minimum Gasteiger partial charge on any atom is -0.347 e. The molecule has 0 unspecified atom stereocenters. The Morgan fingerprint density at radius 3 is 2.43 bits per heavy atom. The second-order valence-electron chi connectivity index (χ2n) is 10.1. The molecule has 1 atom stereocenters. The van der Waals surface area contributed by atoms with Crippen molar-refractivity contribution in [3.05, 3.63) is 59.5 Å². The van der Waals surface area contributed by atoms with Crippen LogP contribution in [0.4, 0.5) is 17.6 Å². The molecule has 1 aliphatic rings. The van der Waals surface area contributed by atoms with E-state index in [-0.39, 0.29) is 27.5 Å². The number of halogens is 4. The summed E-state index contributed by atoms with van der Waals surface area (Å²) in [7, 11) is -4.14. The first-order chi connectivity index (χ1) is 16.2. The first-order valence-corrected chi connectivity index (χ1v) is 12.7. The number of hydrogen-bond donors (Lipinski definition) is 1. The van der Waals surface area contributed by atoms with Gasteiger partial charge in [0.2, 0.25) is 10.0 Å². The summed E-state index contributed by atoms with van der Waals surface area (Å²) in [6.45, 7) is 6.12. The third-order valence-corrected chi connectivity index (χ3v) is 7.78. The zero-order valence-electron chi connectivity index (χ0n) is 19.4. The van der Waals surface area contributed by atoms with Crippen molar-refractivity contribution in [3.63, 3.8) is 0 Å². The number of benzene rings is 2. The Hall–Kier alpha value is -2.90. The van der Waals surface area contributed by atoms with Crippen molar-refractivity contribution >= 4 is 20.9 Å². The molecular weight excluding hydrogens is 482 g/mol. The van der Waals surface area contributed by atoms with Crippen LogP contribution in [0.25, 0.3) is 22.0 Å². The van der Waals surface area contributed by atoms with Gasteiger partial charge < -0.3 is 4.57 Å². The number of sulfonamides is 1. The maximum Gasteiger partial charge on any atom is 0.408 e. The van der Waals surface area contributed by atoms with Crippen molar-refractivity contribution in [2.45, 2.75) is 57.6 Å². The van der Waals surface area contributed by atoms with Gasteiger partial charge >= 0.3 is 6.18 Å². The Morgan fingerprint density at radius 1 is 1.17 bits per heavy atom. The van der Waals surface area contributed by atoms with Crippen molar-refractivity contribution in [3.8, 4) is 17.2 Å². The summed E-state index contributed by atoms with van der Waals surface area (Å²) in [4.78, 5) is 0. The zero-order valence-corrected chi connectivity index (χ0v) is 20.3. The molecular formula is C25H25F4N3O2S. The van der Waals surface area contributed by atoms with Gasteiger partial charge in [0, 0.05) is 34.8 Å². The molecule has 1 saturated carbocycles. The topological polar surface area (TPSA) is 74.9 Å². The molecule has 0 spiro atoms. The molecule has 0 radical (unpaired) electrons. The molecule has 1 fully saturated rings. The number of alkyl halides is 3. The summed E-state index contributed by atoms with van der Waals surface area (Å²) in [6, 6.07) is 8.25. The van der Waals surface area contributed by atoms with Crippen LogP contribution >= 0.6 is 0 Å². The van der Waals surface area contributed by atoms with Crippen LogP contribution in [-0.2, 0) is 16.6 Å². The lowest BCUT2D eigenvalue weighted by Gasteiger charge is -2.22. The van der Waals surface area contributed by atoms with Crippen LogP contribution in [-0.4, -0.2) is 24.4 Å². The van der Waals surface area contributed by atoms with Gasteiger partial charge in [0.25, 0.3) is 0 Å². The number of rotatable bonds is 6. The van der Waals surface area contributed by atoms with Gasteiger partial charge in [0.15, 0.2) is 0 Å². The number of fused-ring (bicyclic) bond motifs is 1. The molecule has 1 heterocycles. The largest absolute Gasteiger partial charge is 0.408 e. The summed E-state index contributed by atoms with van der Waals surface area (Å²) < 4.78 is 85.7. The SMILES string of the molecule is CC(C)(C)Cn1cc([C@H](NS(=O)(=O)C2CC2)C(F)(F)F)c2ccc(-c3cccc(C#N)c3F)cc21. The van der Waals surface area contributed by atoms with Gasteiger partial charge in [-0.05, 0) is 36.0 Å². The number of nitrogens with one attached hydrogen (secondary N) is 1. The van der Waals surface area contributed by atoms with E-state index in [1.54, 1.807) is 16.7 Å². The van der Waals surface area contributed by atoms with Crippen LogP contribution in [0.15, 0.2) is 42.6 Å². The lowest BCUT2D eigenvalue weighted by atomic mass is 9.96. The van der Waals surface area contributed by atoms with Crippen molar-refractivity contribution in [2.24, 2.45) is 5.41 Å². The van der Waals surface area contributed by atoms with E-state index in [4.69, 9.17) is 5.26 Å². The minimum absolute atomic E-state index is 0.139. The first-order valence-electron chi connectivity index (χ1n) is 11.1. The molecule has 3 aromatic rings. The van der Waals surface area contributed by atoms with E-state index >= 15 is 0 Å². The molecule has 0 saturated heterocycles. The average molecular weight is 508 g/mol. The predicted octanol–water partition coefficient (Wildman–Crippen LogP) is 6.05. The number of hydrogen-bond acceptors (Lipinski definition) is 3. The van der Waals surface area contributed by atoms with Crippen molar-refractivity contribution < 1.29 is 26.0 Å². The summed E-state index contributed by atoms with van der Waals surface area (Å²) in [5, 5.41) is 8.56. The summed E-state index contributed by atoms with van der Waals surface area (Å²) in [5.74, 6) is -0.714. The number of nitrogens with zero attached hydrogens (tertiary/aromatic N) is 2. The van der Waals surface area contributed by atoms with Gasteiger partial charge in [-0.2, -0.15) is 23.2 Å². The van der Waals surface area contributed by atoms with E-state index in [1.807, 2.05) is 25.5 Å². The van der Waals surface area contributed by atoms with Crippen molar-refractivity contribution in [1.82, 2.24) is 9.29 Å². The summed E-state index contributed by atoms with van der Waals surface area (Å²) >= 11 is 0. The van der Waals surface area contributed by atoms with Gasteiger partial charge in [-0.1, -0.05) is 45.0 Å². The smallest absolute Gasteiger partial charge is 0.347 e. The van der Waals surface area contributed by atoms with Gasteiger partial charge in [-0.25, -0.2) is 12.8 Å². The molecule has 0 aliphatic heterocycles. The van der Waals surface area contributed by atoms with Gasteiger partial charge in [-0.3, -0.25) is 0 Å². The third-order valence-electron chi connectivity index (χ3n) is 5.87. The molecule has 1 N–H and O–H groups in total. The lowest BCUT2D eigenvalue weighted by Crippen LogP contribution is -2.39. The van der Waals surface area contributed by atoms with Crippen LogP contribution in [0.3, 0.4) is 0 Å². The summed E-state index contributed by atoms with van der Waals surface area (Å²) in [5.41, 5.74) is 0.298. The standard InChI is InChI=1S/C25H25F4N3O2S/c1-24(2,3)14-32-13-20(23(25(27,28)29)31-35(33,34)17-8-9-17)19-10-7-15(11-21(19)32)18-6-4-5-16(12-30)22(18)26/h4-7,10-11,13,17,23,31H,8-9,14H2,1-3H3/t23-/m0/s1. The Bertz CT molecular complexity index is 1430. The molecule has 4 rings (SSSR count). The minimum atomic E-state index is -4.87. The maximum absolute atomic E-state index is 14.8. The van der Waals surface area contributed by atoms with Crippen LogP contribution in [0.1, 0.15) is 50.8 Å². The van der Waals surface area contributed by atoms with Gasteiger partial charge in [-0.15, -0.1) is 0 Å². The second-order valence-corrected chi connectivity index (χ2v) is 12.1. The monoisotopic (exact) mass is 507 g/mol. The number of nitriles is 1. The van der Waals surface area contributed by atoms with E-state index in [0.717, 1.165) is 0 Å². The van der Waals surface area contributed by atoms with Crippen molar-refractivity contribution in [2.75, 3.05) is 0 Å². The Kier molecular flexibility index (Phi) is 6.22. The highest BCUT2D eigenvalue weighted by Crippen LogP contribution is 2.41. The molecule has 2 aromatic carbocycles. The van der Waals surface area contributed by atoms with E-state index in [0.29, 0.717) is 30.5 Å². The van der Waals surface area contributed by atoms with Crippen LogP contribution < -0.4 is 4.72 Å². The number of aromatic nitrogens is 1.